The van der Waals surface area contributed by atoms with Gasteiger partial charge in [-0.2, -0.15) is 0 Å². The standard InChI is InChI=1S/C15H23NO2/c1-14(2,3)12-9-11(7-8-13(12)17)10-16(18)15(4,5)6/h7-10,17H,1-6H3. The quantitative estimate of drug-likeness (QED) is 0.359. The monoisotopic (exact) mass is 249 g/mol. The fraction of sp³-hybridized carbons (Fsp3) is 0.533. The lowest BCUT2D eigenvalue weighted by Crippen LogP contribution is -2.29. The van der Waals surface area contributed by atoms with Crippen molar-refractivity contribution in [1.29, 1.82) is 0 Å². The molecular formula is C15H23NO2. The zero-order valence-electron chi connectivity index (χ0n) is 12.1. The van der Waals surface area contributed by atoms with Crippen LogP contribution in [0, 0.1) is 5.21 Å². The van der Waals surface area contributed by atoms with Crippen molar-refractivity contribution in [3.05, 3.63) is 34.5 Å². The molecule has 0 saturated carbocycles. The maximum Gasteiger partial charge on any atom is 0.182 e. The molecule has 0 heterocycles. The minimum Gasteiger partial charge on any atom is -0.623 e. The molecule has 3 nitrogen and oxygen atoms in total. The van der Waals surface area contributed by atoms with Gasteiger partial charge in [-0.1, -0.05) is 20.8 Å². The van der Waals surface area contributed by atoms with Crippen LogP contribution in [-0.4, -0.2) is 21.6 Å². The first-order chi connectivity index (χ1) is 8.01. The molecule has 1 aromatic rings. The van der Waals surface area contributed by atoms with Gasteiger partial charge in [0.15, 0.2) is 11.8 Å². The predicted molar refractivity (Wildman–Crippen MR) is 75.4 cm³/mol. The summed E-state index contributed by atoms with van der Waals surface area (Å²) in [6.07, 6.45) is 1.56. The third-order valence-corrected chi connectivity index (χ3v) is 2.76. The predicted octanol–water partition coefficient (Wildman–Crippen LogP) is 3.42. The molecular weight excluding hydrogens is 226 g/mol. The fourth-order valence-electron chi connectivity index (χ4n) is 1.56. The van der Waals surface area contributed by atoms with E-state index in [1.54, 1.807) is 18.3 Å². The van der Waals surface area contributed by atoms with Crippen LogP contribution in [0.25, 0.3) is 0 Å². The van der Waals surface area contributed by atoms with Crippen LogP contribution in [0.15, 0.2) is 18.2 Å². The van der Waals surface area contributed by atoms with Crippen LogP contribution >= 0.6 is 0 Å². The Morgan fingerprint density at radius 2 is 1.67 bits per heavy atom. The summed E-state index contributed by atoms with van der Waals surface area (Å²) in [7, 11) is 0. The molecule has 0 aliphatic carbocycles. The van der Waals surface area contributed by atoms with Crippen LogP contribution in [-0.2, 0) is 5.41 Å². The average molecular weight is 249 g/mol. The molecule has 0 fully saturated rings. The topological polar surface area (TPSA) is 46.3 Å². The first kappa shape index (κ1) is 14.6. The number of hydrogen-bond donors (Lipinski definition) is 1. The van der Waals surface area contributed by atoms with E-state index in [0.29, 0.717) is 0 Å². The van der Waals surface area contributed by atoms with E-state index in [9.17, 15) is 10.3 Å². The molecule has 0 spiro atoms. The summed E-state index contributed by atoms with van der Waals surface area (Å²) in [4.78, 5) is 0. The van der Waals surface area contributed by atoms with Gasteiger partial charge in [0.25, 0.3) is 0 Å². The van der Waals surface area contributed by atoms with E-state index >= 15 is 0 Å². The lowest BCUT2D eigenvalue weighted by Gasteiger charge is -2.21. The third-order valence-electron chi connectivity index (χ3n) is 2.76. The molecule has 0 radical (unpaired) electrons. The van der Waals surface area contributed by atoms with Gasteiger partial charge in [0.1, 0.15) is 5.75 Å². The van der Waals surface area contributed by atoms with Gasteiger partial charge in [-0.25, -0.2) is 4.74 Å². The number of phenols is 1. The van der Waals surface area contributed by atoms with Crippen LogP contribution in [0.2, 0.25) is 0 Å². The summed E-state index contributed by atoms with van der Waals surface area (Å²) >= 11 is 0. The summed E-state index contributed by atoms with van der Waals surface area (Å²) in [5.41, 5.74) is 1.05. The Labute approximate surface area is 109 Å². The van der Waals surface area contributed by atoms with Crippen molar-refractivity contribution in [2.75, 3.05) is 0 Å². The highest BCUT2D eigenvalue weighted by Crippen LogP contribution is 2.30. The van der Waals surface area contributed by atoms with Gasteiger partial charge in [0.05, 0.1) is 0 Å². The van der Waals surface area contributed by atoms with Crippen molar-refractivity contribution >= 4 is 6.21 Å². The Morgan fingerprint density at radius 3 is 2.11 bits per heavy atom. The highest BCUT2D eigenvalue weighted by atomic mass is 16.5. The molecule has 0 saturated heterocycles. The van der Waals surface area contributed by atoms with Crippen molar-refractivity contribution in [2.45, 2.75) is 52.5 Å². The number of benzene rings is 1. The van der Waals surface area contributed by atoms with Gasteiger partial charge in [-0.15, -0.1) is 0 Å². The molecule has 0 bridgehead atoms. The molecule has 0 unspecified atom stereocenters. The molecule has 1 N–H and O–H groups in total. The fourth-order valence-corrected chi connectivity index (χ4v) is 1.56. The van der Waals surface area contributed by atoms with Crippen LogP contribution in [0.3, 0.4) is 0 Å². The van der Waals surface area contributed by atoms with Crippen molar-refractivity contribution in [2.24, 2.45) is 0 Å². The van der Waals surface area contributed by atoms with E-state index in [0.717, 1.165) is 15.9 Å². The van der Waals surface area contributed by atoms with Crippen LogP contribution in [0.1, 0.15) is 52.7 Å². The zero-order chi connectivity index (χ0) is 14.1. The number of aromatic hydroxyl groups is 1. The molecule has 18 heavy (non-hydrogen) atoms. The van der Waals surface area contributed by atoms with E-state index in [1.165, 1.54) is 0 Å². The lowest BCUT2D eigenvalue weighted by atomic mass is 9.85. The number of hydroxylamine groups is 1. The van der Waals surface area contributed by atoms with E-state index in [-0.39, 0.29) is 11.2 Å². The lowest BCUT2D eigenvalue weighted by molar-refractivity contribution is -0.530. The minimum atomic E-state index is -0.459. The summed E-state index contributed by atoms with van der Waals surface area (Å²) < 4.78 is 0.936. The molecule has 1 aromatic carbocycles. The highest BCUT2D eigenvalue weighted by Gasteiger charge is 2.20. The molecule has 0 atom stereocenters. The second-order valence-corrected chi connectivity index (χ2v) is 6.65. The largest absolute Gasteiger partial charge is 0.623 e. The van der Waals surface area contributed by atoms with Crippen molar-refractivity contribution in [1.82, 2.24) is 0 Å². The van der Waals surface area contributed by atoms with Gasteiger partial charge in [0.2, 0.25) is 0 Å². The van der Waals surface area contributed by atoms with E-state index in [2.05, 4.69) is 0 Å². The summed E-state index contributed by atoms with van der Waals surface area (Å²) in [6, 6.07) is 5.26. The first-order valence-electron chi connectivity index (χ1n) is 6.16. The molecule has 0 amide bonds. The minimum absolute atomic E-state index is 0.149. The molecule has 3 heteroatoms. The molecule has 1 rings (SSSR count). The van der Waals surface area contributed by atoms with Gasteiger partial charge in [0, 0.05) is 31.9 Å². The van der Waals surface area contributed by atoms with Crippen LogP contribution < -0.4 is 0 Å². The average Bonchev–Trinajstić information content (AvgIpc) is 2.17. The Kier molecular flexibility index (Phi) is 3.75. The molecule has 0 aliphatic heterocycles. The van der Waals surface area contributed by atoms with Crippen LogP contribution in [0.5, 0.6) is 5.75 Å². The number of hydrogen-bond acceptors (Lipinski definition) is 2. The first-order valence-corrected chi connectivity index (χ1v) is 6.16. The van der Waals surface area contributed by atoms with Gasteiger partial charge >= 0.3 is 0 Å². The SMILES string of the molecule is CC(C)(C)c1cc(C=[N+]([O-])C(C)(C)C)ccc1O. The van der Waals surface area contributed by atoms with E-state index < -0.39 is 5.54 Å². The maximum atomic E-state index is 11.9. The van der Waals surface area contributed by atoms with Gasteiger partial charge in [-0.3, -0.25) is 0 Å². The second kappa shape index (κ2) is 4.63. The van der Waals surface area contributed by atoms with Crippen molar-refractivity contribution in [3.63, 3.8) is 0 Å². The van der Waals surface area contributed by atoms with Crippen molar-refractivity contribution < 1.29 is 9.85 Å². The van der Waals surface area contributed by atoms with E-state index in [4.69, 9.17) is 0 Å². The molecule has 0 aromatic heterocycles. The Bertz CT molecular complexity index is 462. The zero-order valence-corrected chi connectivity index (χ0v) is 12.1. The number of rotatable bonds is 1. The van der Waals surface area contributed by atoms with Crippen molar-refractivity contribution in [3.8, 4) is 5.75 Å². The third kappa shape index (κ3) is 3.49. The smallest absolute Gasteiger partial charge is 0.182 e. The van der Waals surface area contributed by atoms with Gasteiger partial charge < -0.3 is 10.3 Å². The normalized spacial score (nSPS) is 13.8. The Balaban J connectivity index is 3.23. The molecule has 0 aliphatic rings. The van der Waals surface area contributed by atoms with E-state index in [1.807, 2.05) is 47.6 Å². The van der Waals surface area contributed by atoms with Crippen LogP contribution in [0.4, 0.5) is 0 Å². The summed E-state index contributed by atoms with van der Waals surface area (Å²) in [6.45, 7) is 11.7. The van der Waals surface area contributed by atoms with Gasteiger partial charge in [-0.05, 0) is 23.6 Å². The maximum absolute atomic E-state index is 11.9. The number of nitrogens with zero attached hydrogens (tertiary/aromatic N) is 1. The Morgan fingerprint density at radius 1 is 1.11 bits per heavy atom. The second-order valence-electron chi connectivity index (χ2n) is 6.65. The summed E-state index contributed by atoms with van der Waals surface area (Å²) in [5.74, 6) is 0.271. The molecule has 100 valence electrons. The highest BCUT2D eigenvalue weighted by molar-refractivity contribution is 5.77. The Hall–Kier alpha value is -1.51. The summed E-state index contributed by atoms with van der Waals surface area (Å²) in [5, 5.41) is 21.7. The number of phenolic OH excluding ortho intramolecular Hbond substituents is 1.